The van der Waals surface area contributed by atoms with Gasteiger partial charge in [-0.2, -0.15) is 0 Å². The van der Waals surface area contributed by atoms with Crippen molar-refractivity contribution in [3.05, 3.63) is 11.6 Å². The fourth-order valence-electron chi connectivity index (χ4n) is 1.30. The van der Waals surface area contributed by atoms with Crippen molar-refractivity contribution in [1.82, 2.24) is 0 Å². The van der Waals surface area contributed by atoms with Crippen LogP contribution in [0.3, 0.4) is 0 Å². The lowest BCUT2D eigenvalue weighted by Gasteiger charge is -1.98. The Hall–Kier alpha value is -0.0400. The molecule has 13 heavy (non-hydrogen) atoms. The number of rotatable bonds is 9. The van der Waals surface area contributed by atoms with Crippen molar-refractivity contribution in [3.63, 3.8) is 0 Å². The second-order valence-electron chi connectivity index (χ2n) is 3.31. The minimum atomic E-state index is -0.152. The second kappa shape index (κ2) is 12.0. The summed E-state index contributed by atoms with van der Waals surface area (Å²) in [5, 5.41) is 0. The highest BCUT2D eigenvalue weighted by Crippen LogP contribution is 2.08. The summed E-state index contributed by atoms with van der Waals surface area (Å²) in [7, 11) is 0. The van der Waals surface area contributed by atoms with Gasteiger partial charge in [0, 0.05) is 5.54 Å². The standard InChI is InChI=1S/C11H20ClF/c12-10-8-6-4-2-1-3-5-7-9-11-13/h8,10H,1-7,9,11H2. The Kier molecular flexibility index (Phi) is 11.9. The third-order valence-electron chi connectivity index (χ3n) is 2.09. The summed E-state index contributed by atoms with van der Waals surface area (Å²) in [6, 6.07) is 0. The minimum absolute atomic E-state index is 0.152. The van der Waals surface area contributed by atoms with Crippen LogP contribution >= 0.6 is 11.6 Å². The minimum Gasteiger partial charge on any atom is -0.251 e. The van der Waals surface area contributed by atoms with Gasteiger partial charge in [-0.3, -0.25) is 4.39 Å². The predicted octanol–water partition coefficient (Wildman–Crippen LogP) is 4.83. The van der Waals surface area contributed by atoms with Crippen LogP contribution in [-0.2, 0) is 0 Å². The van der Waals surface area contributed by atoms with Crippen LogP contribution in [-0.4, -0.2) is 6.67 Å². The van der Waals surface area contributed by atoms with Crippen LogP contribution in [0, 0.1) is 0 Å². The molecule has 0 rings (SSSR count). The molecule has 0 fully saturated rings. The average molecular weight is 207 g/mol. The number of hydrogen-bond acceptors (Lipinski definition) is 0. The lowest BCUT2D eigenvalue weighted by molar-refractivity contribution is 0.449. The normalized spacial score (nSPS) is 11.2. The summed E-state index contributed by atoms with van der Waals surface area (Å²) in [6.45, 7) is -0.152. The zero-order valence-electron chi connectivity index (χ0n) is 8.27. The lowest BCUT2D eigenvalue weighted by atomic mass is 10.1. The molecule has 0 saturated carbocycles. The Morgan fingerprint density at radius 3 is 1.92 bits per heavy atom. The van der Waals surface area contributed by atoms with E-state index in [-0.39, 0.29) is 6.67 Å². The summed E-state index contributed by atoms with van der Waals surface area (Å²) < 4.78 is 11.7. The van der Waals surface area contributed by atoms with Crippen molar-refractivity contribution in [3.8, 4) is 0 Å². The Morgan fingerprint density at radius 1 is 0.846 bits per heavy atom. The van der Waals surface area contributed by atoms with Gasteiger partial charge in [0.2, 0.25) is 0 Å². The first kappa shape index (κ1) is 13.0. The van der Waals surface area contributed by atoms with Crippen LogP contribution in [0.2, 0.25) is 0 Å². The van der Waals surface area contributed by atoms with Crippen LogP contribution < -0.4 is 0 Å². The Bertz CT molecular complexity index is 113. The van der Waals surface area contributed by atoms with Crippen molar-refractivity contribution in [1.29, 1.82) is 0 Å². The van der Waals surface area contributed by atoms with E-state index in [0.29, 0.717) is 0 Å². The summed E-state index contributed by atoms with van der Waals surface area (Å²) in [6.07, 6.45) is 11.1. The molecule has 0 N–H and O–H groups in total. The number of hydrogen-bond donors (Lipinski definition) is 0. The highest BCUT2D eigenvalue weighted by atomic mass is 35.5. The maximum atomic E-state index is 11.7. The molecular weight excluding hydrogens is 187 g/mol. The first-order valence-corrected chi connectivity index (χ1v) is 5.66. The lowest BCUT2D eigenvalue weighted by Crippen LogP contribution is -1.81. The van der Waals surface area contributed by atoms with E-state index in [1.807, 2.05) is 6.08 Å². The molecular formula is C11H20ClF. The maximum absolute atomic E-state index is 11.7. The van der Waals surface area contributed by atoms with Gasteiger partial charge in [0.05, 0.1) is 6.67 Å². The van der Waals surface area contributed by atoms with Gasteiger partial charge in [-0.05, 0) is 19.3 Å². The van der Waals surface area contributed by atoms with E-state index in [1.165, 1.54) is 32.1 Å². The Balaban J connectivity index is 2.83. The molecule has 0 radical (unpaired) electrons. The summed E-state index contributed by atoms with van der Waals surface area (Å²) in [4.78, 5) is 0. The highest BCUT2D eigenvalue weighted by molar-refractivity contribution is 6.25. The van der Waals surface area contributed by atoms with E-state index in [2.05, 4.69) is 0 Å². The molecule has 0 nitrogen and oxygen atoms in total. The van der Waals surface area contributed by atoms with Crippen molar-refractivity contribution in [2.24, 2.45) is 0 Å². The number of unbranched alkanes of at least 4 members (excludes halogenated alkanes) is 7. The van der Waals surface area contributed by atoms with Gasteiger partial charge < -0.3 is 0 Å². The van der Waals surface area contributed by atoms with E-state index >= 15 is 0 Å². The number of halogens is 2. The molecule has 0 bridgehead atoms. The molecule has 0 heterocycles. The molecule has 0 aromatic heterocycles. The molecule has 0 spiro atoms. The summed E-state index contributed by atoms with van der Waals surface area (Å²) in [5.74, 6) is 0. The molecule has 0 atom stereocenters. The smallest absolute Gasteiger partial charge is 0.0894 e. The maximum Gasteiger partial charge on any atom is 0.0894 e. The Labute approximate surface area is 86.2 Å². The number of allylic oxidation sites excluding steroid dienone is 1. The van der Waals surface area contributed by atoms with Gasteiger partial charge in [-0.15, -0.1) is 0 Å². The van der Waals surface area contributed by atoms with E-state index in [9.17, 15) is 4.39 Å². The van der Waals surface area contributed by atoms with E-state index in [4.69, 9.17) is 11.6 Å². The van der Waals surface area contributed by atoms with E-state index in [1.54, 1.807) is 5.54 Å². The van der Waals surface area contributed by atoms with Crippen molar-refractivity contribution < 1.29 is 4.39 Å². The molecule has 0 aromatic carbocycles. The summed E-state index contributed by atoms with van der Waals surface area (Å²) in [5.41, 5.74) is 1.58. The third-order valence-corrected chi connectivity index (χ3v) is 2.27. The molecule has 2 heteroatoms. The third kappa shape index (κ3) is 12.0. The molecule has 0 aliphatic heterocycles. The fraction of sp³-hybridized carbons (Fsp3) is 0.818. The van der Waals surface area contributed by atoms with Crippen LogP contribution in [0.1, 0.15) is 51.4 Å². The first-order chi connectivity index (χ1) is 6.41. The topological polar surface area (TPSA) is 0 Å². The molecule has 0 aromatic rings. The zero-order chi connectivity index (χ0) is 9.78. The number of alkyl halides is 1. The highest BCUT2D eigenvalue weighted by Gasteiger charge is 1.90. The Morgan fingerprint density at radius 2 is 1.38 bits per heavy atom. The molecule has 0 amide bonds. The van der Waals surface area contributed by atoms with E-state index in [0.717, 1.165) is 19.3 Å². The molecule has 78 valence electrons. The predicted molar refractivity (Wildman–Crippen MR) is 57.9 cm³/mol. The van der Waals surface area contributed by atoms with E-state index < -0.39 is 0 Å². The van der Waals surface area contributed by atoms with Crippen molar-refractivity contribution >= 4 is 11.6 Å². The van der Waals surface area contributed by atoms with Gasteiger partial charge in [0.15, 0.2) is 0 Å². The summed E-state index contributed by atoms with van der Waals surface area (Å²) >= 11 is 5.38. The van der Waals surface area contributed by atoms with Gasteiger partial charge in [0.1, 0.15) is 0 Å². The largest absolute Gasteiger partial charge is 0.251 e. The SMILES string of the molecule is FCCCCCCCCCC=CCl. The van der Waals surface area contributed by atoms with Gasteiger partial charge in [-0.25, -0.2) is 0 Å². The van der Waals surface area contributed by atoms with Crippen molar-refractivity contribution in [2.45, 2.75) is 51.4 Å². The fourth-order valence-corrected chi connectivity index (χ4v) is 1.43. The van der Waals surface area contributed by atoms with Crippen LogP contribution in [0.15, 0.2) is 11.6 Å². The molecule has 0 aliphatic carbocycles. The quantitative estimate of drug-likeness (QED) is 0.474. The van der Waals surface area contributed by atoms with Crippen molar-refractivity contribution in [2.75, 3.05) is 6.67 Å². The van der Waals surface area contributed by atoms with Crippen LogP contribution in [0.25, 0.3) is 0 Å². The second-order valence-corrected chi connectivity index (χ2v) is 3.57. The van der Waals surface area contributed by atoms with Crippen LogP contribution in [0.4, 0.5) is 4.39 Å². The van der Waals surface area contributed by atoms with Gasteiger partial charge >= 0.3 is 0 Å². The zero-order valence-corrected chi connectivity index (χ0v) is 9.03. The van der Waals surface area contributed by atoms with Crippen LogP contribution in [0.5, 0.6) is 0 Å². The monoisotopic (exact) mass is 206 g/mol. The molecule has 0 aliphatic rings. The van der Waals surface area contributed by atoms with Gasteiger partial charge in [0.25, 0.3) is 0 Å². The van der Waals surface area contributed by atoms with Gasteiger partial charge in [-0.1, -0.05) is 49.8 Å². The molecule has 0 saturated heterocycles. The molecule has 0 unspecified atom stereocenters. The first-order valence-electron chi connectivity index (χ1n) is 5.23. The average Bonchev–Trinajstić information content (AvgIpc) is 2.16.